The number of aliphatic hydroxyl groups is 1. The van der Waals surface area contributed by atoms with E-state index < -0.39 is 6.10 Å². The molecule has 0 bridgehead atoms. The normalized spacial score (nSPS) is 13.3. The summed E-state index contributed by atoms with van der Waals surface area (Å²) in [5, 5.41) is 13.2. The molecule has 0 aliphatic carbocycles. The fourth-order valence-electron chi connectivity index (χ4n) is 2.38. The largest absolute Gasteiger partial charge is 0.387 e. The van der Waals surface area contributed by atoms with E-state index in [0.29, 0.717) is 18.5 Å². The van der Waals surface area contributed by atoms with Gasteiger partial charge in [0.2, 0.25) is 5.91 Å². The predicted molar refractivity (Wildman–Crippen MR) is 93.3 cm³/mol. The molecule has 2 rings (SSSR count). The van der Waals surface area contributed by atoms with Crippen LogP contribution < -0.4 is 10.2 Å². The average Bonchev–Trinajstić information content (AvgIpc) is 2.60. The molecular weight excluding hydrogens is 307 g/mol. The molecule has 0 saturated heterocycles. The third kappa shape index (κ3) is 5.15. The fourth-order valence-corrected chi connectivity index (χ4v) is 2.38. The van der Waals surface area contributed by atoms with Crippen LogP contribution in [0.1, 0.15) is 25.0 Å². The molecule has 0 spiro atoms. The minimum Gasteiger partial charge on any atom is -0.387 e. The van der Waals surface area contributed by atoms with Crippen molar-refractivity contribution >= 4 is 11.6 Å². The summed E-state index contributed by atoms with van der Waals surface area (Å²) < 4.78 is 12.9. The number of benzene rings is 2. The zero-order valence-corrected chi connectivity index (χ0v) is 13.9. The van der Waals surface area contributed by atoms with Crippen LogP contribution in [0.2, 0.25) is 0 Å². The summed E-state index contributed by atoms with van der Waals surface area (Å²) in [6.07, 6.45) is -0.420. The van der Waals surface area contributed by atoms with Crippen LogP contribution in [0.4, 0.5) is 10.1 Å². The molecule has 0 heterocycles. The number of carbonyl (C=O) groups excluding carboxylic acids is 1. The zero-order chi connectivity index (χ0) is 17.5. The Labute approximate surface area is 141 Å². The van der Waals surface area contributed by atoms with E-state index >= 15 is 0 Å². The molecule has 2 aromatic rings. The molecule has 2 aromatic carbocycles. The number of nitrogens with zero attached hydrogens (tertiary/aromatic N) is 1. The van der Waals surface area contributed by atoms with Crippen molar-refractivity contribution in [1.29, 1.82) is 0 Å². The Morgan fingerprint density at radius 1 is 1.17 bits per heavy atom. The van der Waals surface area contributed by atoms with Gasteiger partial charge in [0.1, 0.15) is 5.82 Å². The number of hydrogen-bond acceptors (Lipinski definition) is 3. The molecule has 1 amide bonds. The minimum absolute atomic E-state index is 0.00234. The summed E-state index contributed by atoms with van der Waals surface area (Å²) in [4.78, 5) is 13.9. The van der Waals surface area contributed by atoms with Crippen LogP contribution in [0.25, 0.3) is 0 Å². The SMILES string of the molecule is CC(CC(=O)N(C)c1ccccc1)NCC(O)c1ccc(F)cc1. The molecule has 0 fully saturated rings. The van der Waals surface area contributed by atoms with E-state index in [4.69, 9.17) is 0 Å². The summed E-state index contributed by atoms with van der Waals surface area (Å²) in [6, 6.07) is 15.1. The molecule has 0 radical (unpaired) electrons. The van der Waals surface area contributed by atoms with Gasteiger partial charge in [-0.15, -0.1) is 0 Å². The Morgan fingerprint density at radius 3 is 2.42 bits per heavy atom. The van der Waals surface area contributed by atoms with Crippen molar-refractivity contribution in [2.24, 2.45) is 0 Å². The van der Waals surface area contributed by atoms with Crippen LogP contribution in [0.15, 0.2) is 54.6 Å². The maximum Gasteiger partial charge on any atom is 0.228 e. The Kier molecular flexibility index (Phi) is 6.46. The van der Waals surface area contributed by atoms with Gasteiger partial charge in [-0.2, -0.15) is 0 Å². The number of carbonyl (C=O) groups is 1. The van der Waals surface area contributed by atoms with Crippen LogP contribution >= 0.6 is 0 Å². The fraction of sp³-hybridized carbons (Fsp3) is 0.316. The lowest BCUT2D eigenvalue weighted by Gasteiger charge is -2.21. The Hall–Kier alpha value is -2.24. The Balaban J connectivity index is 1.81. The Bertz CT molecular complexity index is 646. The lowest BCUT2D eigenvalue weighted by molar-refractivity contribution is -0.118. The van der Waals surface area contributed by atoms with Crippen LogP contribution in [-0.2, 0) is 4.79 Å². The van der Waals surface area contributed by atoms with Crippen LogP contribution in [0.3, 0.4) is 0 Å². The number of para-hydroxylation sites is 1. The van der Waals surface area contributed by atoms with E-state index in [1.54, 1.807) is 24.1 Å². The maximum atomic E-state index is 12.9. The highest BCUT2D eigenvalue weighted by Crippen LogP contribution is 2.14. The first-order chi connectivity index (χ1) is 11.5. The van der Waals surface area contributed by atoms with Crippen molar-refractivity contribution in [3.63, 3.8) is 0 Å². The van der Waals surface area contributed by atoms with Crippen molar-refractivity contribution in [2.75, 3.05) is 18.5 Å². The lowest BCUT2D eigenvalue weighted by atomic mass is 10.1. The Morgan fingerprint density at radius 2 is 1.79 bits per heavy atom. The van der Waals surface area contributed by atoms with Crippen LogP contribution in [-0.4, -0.2) is 30.6 Å². The van der Waals surface area contributed by atoms with E-state index in [2.05, 4.69) is 5.32 Å². The minimum atomic E-state index is -0.741. The van der Waals surface area contributed by atoms with Crippen molar-refractivity contribution in [1.82, 2.24) is 5.32 Å². The van der Waals surface area contributed by atoms with Gasteiger partial charge in [-0.3, -0.25) is 4.79 Å². The topological polar surface area (TPSA) is 52.6 Å². The molecule has 0 aliphatic heterocycles. The van der Waals surface area contributed by atoms with E-state index in [0.717, 1.165) is 5.69 Å². The molecule has 128 valence electrons. The molecule has 0 aliphatic rings. The van der Waals surface area contributed by atoms with E-state index in [1.165, 1.54) is 12.1 Å². The number of nitrogens with one attached hydrogen (secondary N) is 1. The highest BCUT2D eigenvalue weighted by molar-refractivity contribution is 5.93. The average molecular weight is 330 g/mol. The number of halogens is 1. The molecule has 2 atom stereocenters. The number of amides is 1. The second-order valence-electron chi connectivity index (χ2n) is 5.87. The molecule has 5 heteroatoms. The molecule has 24 heavy (non-hydrogen) atoms. The number of hydrogen-bond donors (Lipinski definition) is 2. The van der Waals surface area contributed by atoms with E-state index in [9.17, 15) is 14.3 Å². The first-order valence-corrected chi connectivity index (χ1v) is 7.96. The standard InChI is InChI=1S/C19H23FN2O2/c1-14(12-19(24)22(2)17-6-4-3-5-7-17)21-13-18(23)15-8-10-16(20)11-9-15/h3-11,14,18,21,23H,12-13H2,1-2H3. The van der Waals surface area contributed by atoms with Gasteiger partial charge in [0.15, 0.2) is 0 Å². The van der Waals surface area contributed by atoms with Gasteiger partial charge in [-0.25, -0.2) is 4.39 Å². The quantitative estimate of drug-likeness (QED) is 0.821. The first kappa shape index (κ1) is 18.1. The van der Waals surface area contributed by atoms with Gasteiger partial charge in [-0.05, 0) is 36.8 Å². The molecule has 4 nitrogen and oxygen atoms in total. The van der Waals surface area contributed by atoms with E-state index in [1.807, 2.05) is 37.3 Å². The number of aliphatic hydroxyl groups excluding tert-OH is 1. The van der Waals surface area contributed by atoms with Gasteiger partial charge in [0.05, 0.1) is 6.10 Å². The third-order valence-electron chi connectivity index (χ3n) is 3.91. The summed E-state index contributed by atoms with van der Waals surface area (Å²) >= 11 is 0. The second-order valence-corrected chi connectivity index (χ2v) is 5.87. The first-order valence-electron chi connectivity index (χ1n) is 7.96. The second kappa shape index (κ2) is 8.57. The summed E-state index contributed by atoms with van der Waals surface area (Å²) in [6.45, 7) is 2.20. The lowest BCUT2D eigenvalue weighted by Crippen LogP contribution is -2.36. The zero-order valence-electron chi connectivity index (χ0n) is 13.9. The van der Waals surface area contributed by atoms with Crippen molar-refractivity contribution in [3.8, 4) is 0 Å². The van der Waals surface area contributed by atoms with Crippen molar-refractivity contribution < 1.29 is 14.3 Å². The smallest absolute Gasteiger partial charge is 0.228 e. The van der Waals surface area contributed by atoms with Gasteiger partial charge in [0, 0.05) is 31.7 Å². The number of anilines is 1. The number of rotatable bonds is 7. The monoisotopic (exact) mass is 330 g/mol. The summed E-state index contributed by atoms with van der Waals surface area (Å²) in [5.74, 6) is -0.334. The molecule has 0 saturated carbocycles. The van der Waals surface area contributed by atoms with Gasteiger partial charge in [0.25, 0.3) is 0 Å². The van der Waals surface area contributed by atoms with Gasteiger partial charge in [-0.1, -0.05) is 30.3 Å². The van der Waals surface area contributed by atoms with Gasteiger partial charge < -0.3 is 15.3 Å². The molecule has 2 N–H and O–H groups in total. The molecule has 2 unspecified atom stereocenters. The van der Waals surface area contributed by atoms with Crippen molar-refractivity contribution in [2.45, 2.75) is 25.5 Å². The van der Waals surface area contributed by atoms with Gasteiger partial charge >= 0.3 is 0 Å². The highest BCUT2D eigenvalue weighted by atomic mass is 19.1. The van der Waals surface area contributed by atoms with Crippen LogP contribution in [0.5, 0.6) is 0 Å². The van der Waals surface area contributed by atoms with E-state index in [-0.39, 0.29) is 17.8 Å². The summed E-state index contributed by atoms with van der Waals surface area (Å²) in [5.41, 5.74) is 1.49. The van der Waals surface area contributed by atoms with Crippen LogP contribution in [0, 0.1) is 5.82 Å². The predicted octanol–water partition coefficient (Wildman–Crippen LogP) is 2.89. The van der Waals surface area contributed by atoms with Crippen molar-refractivity contribution in [3.05, 3.63) is 66.0 Å². The maximum absolute atomic E-state index is 12.9. The summed E-state index contributed by atoms with van der Waals surface area (Å²) in [7, 11) is 1.75. The molecule has 0 aromatic heterocycles. The third-order valence-corrected chi connectivity index (χ3v) is 3.91. The highest BCUT2D eigenvalue weighted by Gasteiger charge is 2.16. The molecular formula is C19H23FN2O2.